The Balaban J connectivity index is 1.70. The maximum atomic E-state index is 5.83. The van der Waals surface area contributed by atoms with Gasteiger partial charge >= 0.3 is 0 Å². The highest BCUT2D eigenvalue weighted by Gasteiger charge is 2.28. The van der Waals surface area contributed by atoms with E-state index in [9.17, 15) is 0 Å². The minimum absolute atomic E-state index is 0.139. The number of morpholine rings is 1. The van der Waals surface area contributed by atoms with E-state index in [4.69, 9.17) is 13.6 Å². The van der Waals surface area contributed by atoms with E-state index in [2.05, 4.69) is 22.1 Å². The van der Waals surface area contributed by atoms with Gasteiger partial charge in [-0.15, -0.1) is 10.2 Å². The minimum Gasteiger partial charge on any atom is -0.472 e. The van der Waals surface area contributed by atoms with Gasteiger partial charge in [0.1, 0.15) is 6.10 Å². The van der Waals surface area contributed by atoms with Crippen LogP contribution >= 0.6 is 0 Å². The molecule has 6 nitrogen and oxygen atoms in total. The summed E-state index contributed by atoms with van der Waals surface area (Å²) in [6, 6.07) is 1.89. The molecule has 0 bridgehead atoms. The van der Waals surface area contributed by atoms with Gasteiger partial charge in [-0.2, -0.15) is 0 Å². The Hall–Kier alpha value is -1.66. The fourth-order valence-corrected chi connectivity index (χ4v) is 2.34. The standard InChI is InChI=1S/C13H17N3O3/c1-9-6-16(2)7-11(18-9)13-15-14-12(19-13)5-10-3-4-17-8-10/h3-4,8-9,11H,5-7H2,1-2H3/t9-,11-/m1/s1. The van der Waals surface area contributed by atoms with Crippen molar-refractivity contribution in [2.24, 2.45) is 0 Å². The molecule has 1 aliphatic heterocycles. The number of rotatable bonds is 3. The Bertz CT molecular complexity index is 513. The van der Waals surface area contributed by atoms with Gasteiger partial charge in [0.2, 0.25) is 11.8 Å². The first kappa shape index (κ1) is 12.4. The van der Waals surface area contributed by atoms with E-state index in [1.165, 1.54) is 0 Å². The van der Waals surface area contributed by atoms with Crippen LogP contribution in [0.5, 0.6) is 0 Å². The lowest BCUT2D eigenvalue weighted by Gasteiger charge is -2.32. The van der Waals surface area contributed by atoms with E-state index in [0.717, 1.165) is 18.7 Å². The van der Waals surface area contributed by atoms with Crippen LogP contribution in [0.1, 0.15) is 30.4 Å². The molecule has 0 aromatic carbocycles. The summed E-state index contributed by atoms with van der Waals surface area (Å²) in [7, 11) is 2.06. The monoisotopic (exact) mass is 263 g/mol. The number of furan rings is 1. The molecule has 6 heteroatoms. The summed E-state index contributed by atoms with van der Waals surface area (Å²) < 4.78 is 16.5. The SMILES string of the molecule is C[C@@H]1CN(C)C[C@H](c2nnc(Cc3ccoc3)o2)O1. The highest BCUT2D eigenvalue weighted by molar-refractivity contribution is 5.10. The van der Waals surface area contributed by atoms with Crippen LogP contribution in [0.15, 0.2) is 27.4 Å². The molecule has 3 rings (SSSR count). The summed E-state index contributed by atoms with van der Waals surface area (Å²) in [5.41, 5.74) is 1.02. The van der Waals surface area contributed by atoms with Crippen molar-refractivity contribution in [2.75, 3.05) is 20.1 Å². The Kier molecular flexibility index (Phi) is 3.35. The van der Waals surface area contributed by atoms with Crippen LogP contribution in [-0.2, 0) is 11.2 Å². The Morgan fingerprint density at radius 2 is 2.26 bits per heavy atom. The molecule has 0 unspecified atom stereocenters. The zero-order valence-corrected chi connectivity index (χ0v) is 11.1. The van der Waals surface area contributed by atoms with Crippen LogP contribution < -0.4 is 0 Å². The summed E-state index contributed by atoms with van der Waals surface area (Å²) in [5, 5.41) is 8.15. The van der Waals surface area contributed by atoms with Gasteiger partial charge in [-0.25, -0.2) is 0 Å². The molecular weight excluding hydrogens is 246 g/mol. The van der Waals surface area contributed by atoms with Crippen LogP contribution in [-0.4, -0.2) is 41.3 Å². The number of ether oxygens (including phenoxy) is 1. The second-order valence-electron chi connectivity index (χ2n) is 5.00. The van der Waals surface area contributed by atoms with E-state index in [1.54, 1.807) is 12.5 Å². The Morgan fingerprint density at radius 1 is 1.37 bits per heavy atom. The van der Waals surface area contributed by atoms with Crippen LogP contribution in [0.25, 0.3) is 0 Å². The van der Waals surface area contributed by atoms with E-state index in [0.29, 0.717) is 18.2 Å². The average Bonchev–Trinajstić information content (AvgIpc) is 2.99. The van der Waals surface area contributed by atoms with Gasteiger partial charge in [-0.1, -0.05) is 0 Å². The van der Waals surface area contributed by atoms with Crippen LogP contribution in [0.2, 0.25) is 0 Å². The first-order chi connectivity index (χ1) is 9.20. The predicted molar refractivity (Wildman–Crippen MR) is 66.6 cm³/mol. The molecule has 2 aromatic rings. The fourth-order valence-electron chi connectivity index (χ4n) is 2.34. The second-order valence-corrected chi connectivity index (χ2v) is 5.00. The fraction of sp³-hybridized carbons (Fsp3) is 0.538. The lowest BCUT2D eigenvalue weighted by atomic mass is 10.2. The van der Waals surface area contributed by atoms with Gasteiger partial charge in [0, 0.05) is 13.1 Å². The Labute approximate surface area is 111 Å². The third kappa shape index (κ3) is 2.85. The summed E-state index contributed by atoms with van der Waals surface area (Å²) in [6.45, 7) is 3.75. The zero-order valence-electron chi connectivity index (χ0n) is 11.1. The maximum Gasteiger partial charge on any atom is 0.246 e. The van der Waals surface area contributed by atoms with Crippen LogP contribution in [0.3, 0.4) is 0 Å². The summed E-state index contributed by atoms with van der Waals surface area (Å²) in [6.07, 6.45) is 3.93. The number of hydrogen-bond acceptors (Lipinski definition) is 6. The molecule has 0 amide bonds. The van der Waals surface area contributed by atoms with Crippen molar-refractivity contribution in [2.45, 2.75) is 25.6 Å². The van der Waals surface area contributed by atoms with Gasteiger partial charge in [0.05, 0.1) is 25.1 Å². The van der Waals surface area contributed by atoms with Gasteiger partial charge in [0.25, 0.3) is 0 Å². The first-order valence-electron chi connectivity index (χ1n) is 6.38. The summed E-state index contributed by atoms with van der Waals surface area (Å²) in [5.74, 6) is 1.14. The molecule has 0 aliphatic carbocycles. The van der Waals surface area contributed by atoms with E-state index in [-0.39, 0.29) is 12.2 Å². The molecule has 3 heterocycles. The normalized spacial score (nSPS) is 24.7. The largest absolute Gasteiger partial charge is 0.472 e. The number of nitrogens with zero attached hydrogens (tertiary/aromatic N) is 3. The molecule has 19 heavy (non-hydrogen) atoms. The van der Waals surface area contributed by atoms with Gasteiger partial charge < -0.3 is 18.5 Å². The third-order valence-corrected chi connectivity index (χ3v) is 3.14. The van der Waals surface area contributed by atoms with E-state index >= 15 is 0 Å². The molecule has 0 saturated carbocycles. The number of hydrogen-bond donors (Lipinski definition) is 0. The van der Waals surface area contributed by atoms with Crippen LogP contribution in [0, 0.1) is 0 Å². The molecule has 1 fully saturated rings. The van der Waals surface area contributed by atoms with Crippen LogP contribution in [0.4, 0.5) is 0 Å². The Morgan fingerprint density at radius 3 is 3.00 bits per heavy atom. The molecule has 2 aromatic heterocycles. The topological polar surface area (TPSA) is 64.5 Å². The van der Waals surface area contributed by atoms with Crippen molar-refractivity contribution in [1.82, 2.24) is 15.1 Å². The molecule has 1 saturated heterocycles. The third-order valence-electron chi connectivity index (χ3n) is 3.14. The minimum atomic E-state index is -0.139. The van der Waals surface area contributed by atoms with Crippen molar-refractivity contribution in [1.29, 1.82) is 0 Å². The van der Waals surface area contributed by atoms with Crippen molar-refractivity contribution in [3.63, 3.8) is 0 Å². The highest BCUT2D eigenvalue weighted by atomic mass is 16.5. The van der Waals surface area contributed by atoms with Crippen molar-refractivity contribution >= 4 is 0 Å². The van der Waals surface area contributed by atoms with Gasteiger partial charge in [0.15, 0.2) is 0 Å². The van der Waals surface area contributed by atoms with Gasteiger partial charge in [-0.05, 0) is 25.6 Å². The molecule has 102 valence electrons. The predicted octanol–water partition coefficient (Wildman–Crippen LogP) is 1.64. The zero-order chi connectivity index (χ0) is 13.2. The highest BCUT2D eigenvalue weighted by Crippen LogP contribution is 2.23. The maximum absolute atomic E-state index is 5.83. The molecular formula is C13H17N3O3. The molecule has 0 N–H and O–H groups in total. The molecule has 1 aliphatic rings. The first-order valence-corrected chi connectivity index (χ1v) is 6.38. The van der Waals surface area contributed by atoms with Crippen molar-refractivity contribution < 1.29 is 13.6 Å². The quantitative estimate of drug-likeness (QED) is 0.839. The number of likely N-dealkylation sites (N-methyl/N-ethyl adjacent to an activating group) is 1. The number of aromatic nitrogens is 2. The summed E-state index contributed by atoms with van der Waals surface area (Å²) in [4.78, 5) is 2.21. The molecule has 0 radical (unpaired) electrons. The van der Waals surface area contributed by atoms with Crippen molar-refractivity contribution in [3.8, 4) is 0 Å². The second kappa shape index (κ2) is 5.14. The lowest BCUT2D eigenvalue weighted by molar-refractivity contribution is -0.0825. The van der Waals surface area contributed by atoms with Gasteiger partial charge in [-0.3, -0.25) is 0 Å². The molecule has 2 atom stereocenters. The van der Waals surface area contributed by atoms with E-state index in [1.807, 2.05) is 13.0 Å². The average molecular weight is 263 g/mol. The molecule has 0 spiro atoms. The van der Waals surface area contributed by atoms with Crippen molar-refractivity contribution in [3.05, 3.63) is 35.9 Å². The van der Waals surface area contributed by atoms with E-state index < -0.39 is 0 Å². The lowest BCUT2D eigenvalue weighted by Crippen LogP contribution is -2.40. The summed E-state index contributed by atoms with van der Waals surface area (Å²) >= 11 is 0. The smallest absolute Gasteiger partial charge is 0.246 e.